The van der Waals surface area contributed by atoms with Crippen molar-refractivity contribution in [1.29, 1.82) is 0 Å². The number of carbonyl (C=O) groups excluding carboxylic acids is 2. The summed E-state index contributed by atoms with van der Waals surface area (Å²) < 4.78 is -1.30. The molecule has 0 spiro atoms. The van der Waals surface area contributed by atoms with Gasteiger partial charge in [-0.1, -0.05) is 34.8 Å². The summed E-state index contributed by atoms with van der Waals surface area (Å²) in [5.41, 5.74) is 3.12. The van der Waals surface area contributed by atoms with Crippen LogP contribution in [0.1, 0.15) is 21.8 Å². The minimum Gasteiger partial charge on any atom is -0.326 e. The molecule has 1 aliphatic carbocycles. The third-order valence-electron chi connectivity index (χ3n) is 4.19. The molecule has 2 amide bonds. The van der Waals surface area contributed by atoms with Crippen molar-refractivity contribution in [3.63, 3.8) is 0 Å². The van der Waals surface area contributed by atoms with Gasteiger partial charge in [-0.15, -0.1) is 23.2 Å². The average molecular weight is 468 g/mol. The summed E-state index contributed by atoms with van der Waals surface area (Å²) in [4.78, 5) is 24.4. The molecule has 1 saturated carbocycles. The summed E-state index contributed by atoms with van der Waals surface area (Å²) in [7, 11) is 0. The minimum atomic E-state index is -1.30. The highest BCUT2D eigenvalue weighted by molar-refractivity contribution is 6.53. The van der Waals surface area contributed by atoms with Gasteiger partial charge in [-0.05, 0) is 42.0 Å². The second-order valence-corrected chi connectivity index (χ2v) is 8.71. The molecule has 0 bridgehead atoms. The second-order valence-electron chi connectivity index (χ2n) is 5.99. The predicted octanol–water partition coefficient (Wildman–Crippen LogP) is 4.78. The summed E-state index contributed by atoms with van der Waals surface area (Å²) >= 11 is 30.6. The molecule has 0 aliphatic heterocycles. The van der Waals surface area contributed by atoms with Crippen molar-refractivity contribution in [3.05, 3.63) is 62.6 Å². The molecule has 2 unspecified atom stereocenters. The van der Waals surface area contributed by atoms with E-state index in [1.165, 1.54) is 12.1 Å². The number of nitrogen functional groups attached to an aromatic ring is 1. The monoisotopic (exact) mass is 465 g/mol. The zero-order chi connectivity index (χ0) is 19.9. The highest BCUT2D eigenvalue weighted by Crippen LogP contribution is 2.65. The molecule has 3 rings (SSSR count). The van der Waals surface area contributed by atoms with Crippen LogP contribution in [0.15, 0.2) is 36.4 Å². The van der Waals surface area contributed by atoms with E-state index in [4.69, 9.17) is 63.8 Å². The number of halogens is 5. The molecule has 2 aromatic carbocycles. The zero-order valence-corrected chi connectivity index (χ0v) is 17.2. The van der Waals surface area contributed by atoms with Crippen LogP contribution in [-0.2, 0) is 4.79 Å². The number of nitrogens with two attached hydrogens (primary N) is 1. The van der Waals surface area contributed by atoms with Crippen molar-refractivity contribution in [2.45, 2.75) is 10.3 Å². The molecule has 1 fully saturated rings. The van der Waals surface area contributed by atoms with Gasteiger partial charge in [0.2, 0.25) is 5.91 Å². The Hall–Kier alpha value is -1.21. The lowest BCUT2D eigenvalue weighted by atomic mass is 10.1. The van der Waals surface area contributed by atoms with Crippen molar-refractivity contribution in [2.75, 3.05) is 5.32 Å². The maximum atomic E-state index is 12.7. The first kappa shape index (κ1) is 20.5. The number of amides is 2. The molecule has 0 aromatic heterocycles. The van der Waals surface area contributed by atoms with Crippen molar-refractivity contribution in [3.8, 4) is 0 Å². The maximum Gasteiger partial charge on any atom is 0.266 e. The topological polar surface area (TPSA) is 84.2 Å². The van der Waals surface area contributed by atoms with Gasteiger partial charge >= 0.3 is 0 Å². The highest BCUT2D eigenvalue weighted by atomic mass is 35.5. The Bertz CT molecular complexity index is 915. The lowest BCUT2D eigenvalue weighted by Crippen LogP contribution is -2.30. The Morgan fingerprint density at radius 1 is 1.00 bits per heavy atom. The Labute approximate surface area is 180 Å². The molecule has 0 saturated heterocycles. The Morgan fingerprint density at radius 3 is 2.22 bits per heavy atom. The van der Waals surface area contributed by atoms with Gasteiger partial charge in [0.05, 0.1) is 16.5 Å². The Balaban J connectivity index is 1.81. The third kappa shape index (κ3) is 4.14. The molecular formula is C17H12Cl5N3O2. The van der Waals surface area contributed by atoms with Crippen LogP contribution in [0.4, 0.5) is 5.69 Å². The van der Waals surface area contributed by atoms with Crippen LogP contribution in [0.25, 0.3) is 0 Å². The summed E-state index contributed by atoms with van der Waals surface area (Å²) in [5, 5.41) is 3.71. The normalized spacial score (nSPS) is 20.1. The number of hydrogen-bond acceptors (Lipinski definition) is 3. The van der Waals surface area contributed by atoms with Crippen LogP contribution in [0, 0.1) is 5.92 Å². The molecule has 0 radical (unpaired) electrons. The molecule has 5 nitrogen and oxygen atoms in total. The molecular weight excluding hydrogens is 455 g/mol. The van der Waals surface area contributed by atoms with E-state index in [9.17, 15) is 9.59 Å². The van der Waals surface area contributed by atoms with E-state index >= 15 is 0 Å². The largest absolute Gasteiger partial charge is 0.326 e. The molecule has 0 heterocycles. The van der Waals surface area contributed by atoms with E-state index in [0.717, 1.165) is 0 Å². The fraction of sp³-hybridized carbons (Fsp3) is 0.176. The van der Waals surface area contributed by atoms with Gasteiger partial charge in [-0.25, -0.2) is 5.84 Å². The summed E-state index contributed by atoms with van der Waals surface area (Å²) in [6.45, 7) is 0. The summed E-state index contributed by atoms with van der Waals surface area (Å²) in [6, 6.07) is 9.32. The van der Waals surface area contributed by atoms with E-state index in [1.807, 2.05) is 5.43 Å². The number of anilines is 1. The molecule has 142 valence electrons. The molecule has 2 atom stereocenters. The number of rotatable bonds is 4. The van der Waals surface area contributed by atoms with Crippen LogP contribution >= 0.6 is 58.0 Å². The van der Waals surface area contributed by atoms with E-state index in [-0.39, 0.29) is 10.6 Å². The number of benzene rings is 2. The Morgan fingerprint density at radius 2 is 1.63 bits per heavy atom. The standard InChI is InChI=1S/C17H12Cl5N3O2/c18-8-3-7(4-9(19)5-8)13-14(17(13,21)22)16(27)24-10-1-2-12(20)11(6-10)15(26)25-23/h1-6,13-14H,23H2,(H,24,27)(H,25,26). The fourth-order valence-corrected chi connectivity index (χ4v) is 4.47. The van der Waals surface area contributed by atoms with Gasteiger partial charge in [-0.2, -0.15) is 0 Å². The maximum absolute atomic E-state index is 12.7. The van der Waals surface area contributed by atoms with Crippen molar-refractivity contribution in [1.82, 2.24) is 5.43 Å². The van der Waals surface area contributed by atoms with E-state index in [1.54, 1.807) is 24.3 Å². The molecule has 1 aliphatic rings. The fourth-order valence-electron chi connectivity index (χ4n) is 2.90. The predicted molar refractivity (Wildman–Crippen MR) is 109 cm³/mol. The number of hydrogen-bond donors (Lipinski definition) is 3. The van der Waals surface area contributed by atoms with Crippen LogP contribution < -0.4 is 16.6 Å². The smallest absolute Gasteiger partial charge is 0.266 e. The first-order valence-corrected chi connectivity index (χ1v) is 9.49. The van der Waals surface area contributed by atoms with E-state index in [2.05, 4.69) is 5.32 Å². The van der Waals surface area contributed by atoms with Crippen molar-refractivity contribution < 1.29 is 9.59 Å². The van der Waals surface area contributed by atoms with Gasteiger partial charge in [0, 0.05) is 21.7 Å². The van der Waals surface area contributed by atoms with Gasteiger partial charge < -0.3 is 5.32 Å². The lowest BCUT2D eigenvalue weighted by Gasteiger charge is -2.08. The summed E-state index contributed by atoms with van der Waals surface area (Å²) in [6.07, 6.45) is 0. The van der Waals surface area contributed by atoms with E-state index in [0.29, 0.717) is 21.3 Å². The Kier molecular flexibility index (Phi) is 5.82. The zero-order valence-electron chi connectivity index (χ0n) is 13.4. The molecule has 27 heavy (non-hydrogen) atoms. The second kappa shape index (κ2) is 7.66. The highest BCUT2D eigenvalue weighted by Gasteiger charge is 2.67. The first-order valence-electron chi connectivity index (χ1n) is 7.60. The SMILES string of the molecule is NNC(=O)c1cc(NC(=O)C2C(c3cc(Cl)cc(Cl)c3)C2(Cl)Cl)ccc1Cl. The average Bonchev–Trinajstić information content (AvgIpc) is 3.17. The number of hydrazine groups is 1. The lowest BCUT2D eigenvalue weighted by molar-refractivity contribution is -0.117. The van der Waals surface area contributed by atoms with Gasteiger partial charge in [0.25, 0.3) is 5.91 Å². The summed E-state index contributed by atoms with van der Waals surface area (Å²) in [5.74, 6) is 2.92. The van der Waals surface area contributed by atoms with Crippen LogP contribution in [0.5, 0.6) is 0 Å². The number of nitrogens with one attached hydrogen (secondary N) is 2. The third-order valence-corrected chi connectivity index (χ3v) is 5.90. The van der Waals surface area contributed by atoms with Gasteiger partial charge in [0.1, 0.15) is 4.33 Å². The van der Waals surface area contributed by atoms with Crippen molar-refractivity contribution in [2.24, 2.45) is 11.8 Å². The molecule has 10 heteroatoms. The van der Waals surface area contributed by atoms with Crippen LogP contribution in [-0.4, -0.2) is 16.1 Å². The van der Waals surface area contributed by atoms with Crippen molar-refractivity contribution >= 4 is 75.5 Å². The quantitative estimate of drug-likeness (QED) is 0.262. The first-order chi connectivity index (χ1) is 12.6. The molecule has 4 N–H and O–H groups in total. The van der Waals surface area contributed by atoms with Gasteiger partial charge in [-0.3, -0.25) is 15.0 Å². The number of alkyl halides is 2. The minimum absolute atomic E-state index is 0.119. The molecule has 2 aromatic rings. The van der Waals surface area contributed by atoms with Crippen LogP contribution in [0.3, 0.4) is 0 Å². The van der Waals surface area contributed by atoms with E-state index < -0.39 is 28.0 Å². The van der Waals surface area contributed by atoms with Gasteiger partial charge in [0.15, 0.2) is 0 Å². The number of carbonyl (C=O) groups is 2. The van der Waals surface area contributed by atoms with Crippen LogP contribution in [0.2, 0.25) is 15.1 Å².